The first-order valence-corrected chi connectivity index (χ1v) is 12.4. The Kier molecular flexibility index (Phi) is 8.03. The first kappa shape index (κ1) is 24.7. The standard InChI is InChI=1S/C26H33N5O4/c1-35-24-7-5-6-21-20(24)14-22(30-21)23(32)13-18(16-31-10-3-2-4-11-31)26(34)29-19(15-27)12-17-8-9-28-25(17)33/h5-7,14,17-19,30H,2-4,8-13,16H2,1H3,(H,28,33)(H,29,34). The summed E-state index contributed by atoms with van der Waals surface area (Å²) in [6, 6.07) is 8.69. The van der Waals surface area contributed by atoms with Crippen LogP contribution in [-0.2, 0) is 9.59 Å². The Morgan fingerprint density at radius 2 is 2.09 bits per heavy atom. The average molecular weight is 480 g/mol. The Balaban J connectivity index is 1.48. The number of aromatic amines is 1. The van der Waals surface area contributed by atoms with E-state index in [1.54, 1.807) is 13.2 Å². The molecule has 9 heteroatoms. The summed E-state index contributed by atoms with van der Waals surface area (Å²) < 4.78 is 5.40. The molecule has 9 nitrogen and oxygen atoms in total. The molecule has 0 aliphatic carbocycles. The molecule has 2 aromatic rings. The topological polar surface area (TPSA) is 127 Å². The van der Waals surface area contributed by atoms with Gasteiger partial charge in [0.25, 0.3) is 0 Å². The molecule has 186 valence electrons. The third-order valence-corrected chi connectivity index (χ3v) is 7.03. The molecule has 2 saturated heterocycles. The van der Waals surface area contributed by atoms with Crippen molar-refractivity contribution in [1.82, 2.24) is 20.5 Å². The molecular weight excluding hydrogens is 446 g/mol. The third-order valence-electron chi connectivity index (χ3n) is 7.03. The van der Waals surface area contributed by atoms with Crippen LogP contribution >= 0.6 is 0 Å². The number of nitrogens with one attached hydrogen (secondary N) is 3. The van der Waals surface area contributed by atoms with E-state index >= 15 is 0 Å². The molecule has 3 atom stereocenters. The second-order valence-electron chi connectivity index (χ2n) is 9.49. The van der Waals surface area contributed by atoms with E-state index in [1.165, 1.54) is 6.42 Å². The molecule has 3 unspecified atom stereocenters. The number of ether oxygens (including phenoxy) is 1. The van der Waals surface area contributed by atoms with Gasteiger partial charge in [0.05, 0.1) is 24.8 Å². The van der Waals surface area contributed by atoms with Crippen LogP contribution in [0.15, 0.2) is 24.3 Å². The minimum atomic E-state index is -0.771. The van der Waals surface area contributed by atoms with Crippen molar-refractivity contribution in [2.75, 3.05) is 33.3 Å². The number of likely N-dealkylation sites (tertiary alicyclic amines) is 1. The highest BCUT2D eigenvalue weighted by atomic mass is 16.5. The van der Waals surface area contributed by atoms with Crippen molar-refractivity contribution in [1.29, 1.82) is 5.26 Å². The van der Waals surface area contributed by atoms with E-state index in [1.807, 2.05) is 18.2 Å². The summed E-state index contributed by atoms with van der Waals surface area (Å²) in [5.74, 6) is -0.751. The van der Waals surface area contributed by atoms with Gasteiger partial charge in [0.15, 0.2) is 5.78 Å². The fourth-order valence-electron chi connectivity index (χ4n) is 5.07. The van der Waals surface area contributed by atoms with E-state index in [0.29, 0.717) is 31.0 Å². The number of carbonyl (C=O) groups is 3. The Hall–Kier alpha value is -3.38. The summed E-state index contributed by atoms with van der Waals surface area (Å²) >= 11 is 0. The largest absolute Gasteiger partial charge is 0.496 e. The van der Waals surface area contributed by atoms with Gasteiger partial charge in [0, 0.05) is 36.3 Å². The Morgan fingerprint density at radius 1 is 1.29 bits per heavy atom. The number of nitrogens with zero attached hydrogens (tertiary/aromatic N) is 2. The van der Waals surface area contributed by atoms with Crippen LogP contribution in [0.25, 0.3) is 10.9 Å². The van der Waals surface area contributed by atoms with E-state index in [4.69, 9.17) is 4.74 Å². The second-order valence-corrected chi connectivity index (χ2v) is 9.49. The molecule has 0 saturated carbocycles. The Morgan fingerprint density at radius 3 is 2.77 bits per heavy atom. The predicted molar refractivity (Wildman–Crippen MR) is 131 cm³/mol. The van der Waals surface area contributed by atoms with Crippen molar-refractivity contribution in [2.45, 2.75) is 44.6 Å². The lowest BCUT2D eigenvalue weighted by atomic mass is 9.95. The first-order chi connectivity index (χ1) is 17.0. The highest BCUT2D eigenvalue weighted by Crippen LogP contribution is 2.27. The van der Waals surface area contributed by atoms with Crippen molar-refractivity contribution in [2.24, 2.45) is 11.8 Å². The summed E-state index contributed by atoms with van der Waals surface area (Å²) in [6.45, 7) is 2.84. The number of carbonyl (C=O) groups excluding carboxylic acids is 3. The monoisotopic (exact) mass is 479 g/mol. The number of ketones is 1. The van der Waals surface area contributed by atoms with Gasteiger partial charge < -0.3 is 25.3 Å². The number of nitriles is 1. The normalized spacial score (nSPS) is 20.1. The highest BCUT2D eigenvalue weighted by Gasteiger charge is 2.31. The number of piperidine rings is 1. The molecule has 2 fully saturated rings. The van der Waals surface area contributed by atoms with Gasteiger partial charge in [-0.2, -0.15) is 5.26 Å². The van der Waals surface area contributed by atoms with E-state index in [-0.39, 0.29) is 36.4 Å². The lowest BCUT2D eigenvalue weighted by molar-refractivity contribution is -0.127. The van der Waals surface area contributed by atoms with Crippen molar-refractivity contribution in [3.63, 3.8) is 0 Å². The number of H-pyrrole nitrogens is 1. The summed E-state index contributed by atoms with van der Waals surface area (Å²) in [5.41, 5.74) is 1.23. The number of aromatic nitrogens is 1. The van der Waals surface area contributed by atoms with Crippen molar-refractivity contribution in [3.05, 3.63) is 30.0 Å². The van der Waals surface area contributed by atoms with Gasteiger partial charge in [-0.1, -0.05) is 12.5 Å². The number of rotatable bonds is 10. The maximum Gasteiger partial charge on any atom is 0.225 e. The minimum Gasteiger partial charge on any atom is -0.496 e. The van der Waals surface area contributed by atoms with Crippen LogP contribution < -0.4 is 15.4 Å². The van der Waals surface area contributed by atoms with Crippen molar-refractivity contribution in [3.8, 4) is 11.8 Å². The van der Waals surface area contributed by atoms with Crippen molar-refractivity contribution < 1.29 is 19.1 Å². The first-order valence-electron chi connectivity index (χ1n) is 12.4. The predicted octanol–water partition coefficient (Wildman–Crippen LogP) is 2.39. The quantitative estimate of drug-likeness (QED) is 0.449. The summed E-state index contributed by atoms with van der Waals surface area (Å²) in [4.78, 5) is 43.9. The fourth-order valence-corrected chi connectivity index (χ4v) is 5.07. The number of amides is 2. The van der Waals surface area contributed by atoms with Crippen LogP contribution in [-0.4, -0.2) is 66.8 Å². The van der Waals surface area contributed by atoms with Crippen LogP contribution in [0.1, 0.15) is 49.0 Å². The zero-order valence-corrected chi connectivity index (χ0v) is 20.1. The zero-order chi connectivity index (χ0) is 24.8. The Bertz CT molecular complexity index is 1110. The molecule has 1 aromatic heterocycles. The van der Waals surface area contributed by atoms with Gasteiger partial charge in [-0.05, 0) is 57.0 Å². The SMILES string of the molecule is COc1cccc2[nH]c(C(=O)CC(CN3CCCCC3)C(=O)NC(C#N)CC3CCNC3=O)cc12. The number of Topliss-reactive ketones (excluding diaryl/α,β-unsaturated/α-hetero) is 1. The molecule has 3 N–H and O–H groups in total. The van der Waals surface area contributed by atoms with Gasteiger partial charge in [-0.25, -0.2) is 0 Å². The number of benzene rings is 1. The molecule has 3 heterocycles. The molecular formula is C26H33N5O4. The molecule has 1 aromatic carbocycles. The smallest absolute Gasteiger partial charge is 0.225 e. The van der Waals surface area contributed by atoms with Gasteiger partial charge in [0.1, 0.15) is 11.8 Å². The maximum absolute atomic E-state index is 13.3. The number of methoxy groups -OCH3 is 1. The fraction of sp³-hybridized carbons (Fsp3) is 0.538. The van der Waals surface area contributed by atoms with Gasteiger partial charge >= 0.3 is 0 Å². The molecule has 0 radical (unpaired) electrons. The minimum absolute atomic E-state index is 0.0273. The van der Waals surface area contributed by atoms with Gasteiger partial charge in [0.2, 0.25) is 11.8 Å². The van der Waals surface area contributed by atoms with Crippen LogP contribution in [0, 0.1) is 23.2 Å². The summed E-state index contributed by atoms with van der Waals surface area (Å²) in [6.07, 6.45) is 4.28. The second kappa shape index (κ2) is 11.4. The molecule has 0 bridgehead atoms. The molecule has 0 spiro atoms. The summed E-state index contributed by atoms with van der Waals surface area (Å²) in [7, 11) is 1.59. The summed E-state index contributed by atoms with van der Waals surface area (Å²) in [5, 5.41) is 16.0. The average Bonchev–Trinajstić information content (AvgIpc) is 3.49. The van der Waals surface area contributed by atoms with Crippen LogP contribution in [0.5, 0.6) is 5.75 Å². The number of hydrogen-bond acceptors (Lipinski definition) is 6. The highest BCUT2D eigenvalue weighted by molar-refractivity contribution is 6.02. The van der Waals surface area contributed by atoms with E-state index in [0.717, 1.165) is 36.8 Å². The number of fused-ring (bicyclic) bond motifs is 1. The lowest BCUT2D eigenvalue weighted by Crippen LogP contribution is -2.45. The van der Waals surface area contributed by atoms with Crippen LogP contribution in [0.2, 0.25) is 0 Å². The maximum atomic E-state index is 13.3. The lowest BCUT2D eigenvalue weighted by Gasteiger charge is -2.30. The van der Waals surface area contributed by atoms with Gasteiger partial charge in [-0.15, -0.1) is 0 Å². The van der Waals surface area contributed by atoms with Crippen LogP contribution in [0.3, 0.4) is 0 Å². The molecule has 2 amide bonds. The van der Waals surface area contributed by atoms with Crippen molar-refractivity contribution >= 4 is 28.5 Å². The third kappa shape index (κ3) is 6.01. The van der Waals surface area contributed by atoms with E-state index in [2.05, 4.69) is 26.6 Å². The van der Waals surface area contributed by atoms with Gasteiger partial charge in [-0.3, -0.25) is 14.4 Å². The number of hydrogen-bond donors (Lipinski definition) is 3. The van der Waals surface area contributed by atoms with Crippen LogP contribution in [0.4, 0.5) is 0 Å². The molecule has 35 heavy (non-hydrogen) atoms. The Labute approximate surface area is 205 Å². The molecule has 2 aliphatic rings. The van der Waals surface area contributed by atoms with E-state index in [9.17, 15) is 19.6 Å². The molecule has 4 rings (SSSR count). The molecule has 2 aliphatic heterocycles. The van der Waals surface area contributed by atoms with E-state index < -0.39 is 12.0 Å². The zero-order valence-electron chi connectivity index (χ0n) is 20.1.